The van der Waals surface area contributed by atoms with Gasteiger partial charge >= 0.3 is 0 Å². The van der Waals surface area contributed by atoms with Gasteiger partial charge in [0.15, 0.2) is 0 Å². The summed E-state index contributed by atoms with van der Waals surface area (Å²) in [6.07, 6.45) is 8.35. The standard InChI is InChI=1S/C26H31N5/c27-15-19-8-10-20(11-9-19)17-31(25-7-1-4-21-5-2-13-29-26(21)25)18-23-14-24-22(16-30-23)6-3-12-28-24/h2-3,5-6,8-13,23,25,30H,1,4,7,14-18,27H2/t23?,25-/m0/s1. The van der Waals surface area contributed by atoms with Crippen LogP contribution in [0.3, 0.4) is 0 Å². The number of nitrogens with two attached hydrogens (primary N) is 1. The van der Waals surface area contributed by atoms with Crippen LogP contribution in [0.4, 0.5) is 0 Å². The monoisotopic (exact) mass is 413 g/mol. The van der Waals surface area contributed by atoms with E-state index in [4.69, 9.17) is 10.7 Å². The molecule has 0 bridgehead atoms. The number of nitrogens with zero attached hydrogens (tertiary/aromatic N) is 3. The molecule has 3 aromatic rings. The third-order valence-electron chi connectivity index (χ3n) is 6.71. The Balaban J connectivity index is 1.40. The Morgan fingerprint density at radius 1 is 0.968 bits per heavy atom. The summed E-state index contributed by atoms with van der Waals surface area (Å²) in [5.74, 6) is 0. The molecule has 31 heavy (non-hydrogen) atoms. The number of hydrogen-bond donors (Lipinski definition) is 2. The number of aryl methyl sites for hydroxylation is 1. The quantitative estimate of drug-likeness (QED) is 0.647. The predicted octanol–water partition coefficient (Wildman–Crippen LogP) is 3.53. The maximum absolute atomic E-state index is 5.80. The number of benzene rings is 1. The third-order valence-corrected chi connectivity index (χ3v) is 6.71. The van der Waals surface area contributed by atoms with Crippen molar-refractivity contribution in [2.45, 2.75) is 57.4 Å². The van der Waals surface area contributed by atoms with Crippen LogP contribution in [0.2, 0.25) is 0 Å². The Morgan fingerprint density at radius 3 is 2.58 bits per heavy atom. The molecule has 5 heteroatoms. The van der Waals surface area contributed by atoms with Crippen molar-refractivity contribution in [1.29, 1.82) is 0 Å². The van der Waals surface area contributed by atoms with Gasteiger partial charge in [0.2, 0.25) is 0 Å². The van der Waals surface area contributed by atoms with Gasteiger partial charge in [-0.3, -0.25) is 14.9 Å². The van der Waals surface area contributed by atoms with Crippen molar-refractivity contribution in [3.8, 4) is 0 Å². The maximum atomic E-state index is 5.80. The molecular weight excluding hydrogens is 382 g/mol. The molecule has 0 amide bonds. The Morgan fingerprint density at radius 2 is 1.74 bits per heavy atom. The van der Waals surface area contributed by atoms with Crippen molar-refractivity contribution >= 4 is 0 Å². The number of hydrogen-bond acceptors (Lipinski definition) is 5. The average Bonchev–Trinajstić information content (AvgIpc) is 2.83. The van der Waals surface area contributed by atoms with E-state index in [0.29, 0.717) is 18.6 Å². The summed E-state index contributed by atoms with van der Waals surface area (Å²) in [7, 11) is 0. The van der Waals surface area contributed by atoms with Gasteiger partial charge in [-0.1, -0.05) is 36.4 Å². The summed E-state index contributed by atoms with van der Waals surface area (Å²) in [6, 6.07) is 18.0. The number of pyridine rings is 2. The molecule has 1 aromatic carbocycles. The number of nitrogens with one attached hydrogen (secondary N) is 1. The lowest BCUT2D eigenvalue weighted by Crippen LogP contribution is -2.46. The number of fused-ring (bicyclic) bond motifs is 2. The van der Waals surface area contributed by atoms with Crippen LogP contribution in [-0.2, 0) is 32.5 Å². The third kappa shape index (κ3) is 4.54. The van der Waals surface area contributed by atoms with E-state index in [1.54, 1.807) is 0 Å². The van der Waals surface area contributed by atoms with Crippen molar-refractivity contribution in [2.75, 3.05) is 6.54 Å². The molecule has 0 radical (unpaired) electrons. The molecule has 1 unspecified atom stereocenters. The van der Waals surface area contributed by atoms with Crippen molar-refractivity contribution in [3.05, 3.63) is 94.6 Å². The SMILES string of the molecule is NCc1ccc(CN(CC2Cc3ncccc3CN2)[C@H]2CCCc3cccnc32)cc1. The predicted molar refractivity (Wildman–Crippen MR) is 123 cm³/mol. The minimum Gasteiger partial charge on any atom is -0.326 e. The average molecular weight is 414 g/mol. The molecule has 0 saturated heterocycles. The molecule has 5 rings (SSSR count). The first-order chi connectivity index (χ1) is 15.3. The summed E-state index contributed by atoms with van der Waals surface area (Å²) in [4.78, 5) is 12.1. The Hall–Kier alpha value is -2.60. The van der Waals surface area contributed by atoms with Crippen LogP contribution < -0.4 is 11.1 Å². The van der Waals surface area contributed by atoms with Gasteiger partial charge in [-0.15, -0.1) is 0 Å². The van der Waals surface area contributed by atoms with E-state index >= 15 is 0 Å². The zero-order valence-corrected chi connectivity index (χ0v) is 18.0. The first-order valence-electron chi connectivity index (χ1n) is 11.4. The van der Waals surface area contributed by atoms with E-state index in [0.717, 1.165) is 38.9 Å². The van der Waals surface area contributed by atoms with Crippen LogP contribution in [0.25, 0.3) is 0 Å². The molecule has 5 nitrogen and oxygen atoms in total. The minimum absolute atomic E-state index is 0.353. The first-order valence-corrected chi connectivity index (χ1v) is 11.4. The fourth-order valence-electron chi connectivity index (χ4n) is 5.05. The molecule has 160 valence electrons. The highest BCUT2D eigenvalue weighted by molar-refractivity contribution is 5.28. The minimum atomic E-state index is 0.353. The molecule has 0 fully saturated rings. The molecule has 3 heterocycles. The van der Waals surface area contributed by atoms with Crippen LogP contribution in [-0.4, -0.2) is 27.5 Å². The molecule has 1 aliphatic heterocycles. The first kappa shape index (κ1) is 20.3. The van der Waals surface area contributed by atoms with Gasteiger partial charge in [-0.05, 0) is 53.6 Å². The molecule has 2 aliphatic rings. The van der Waals surface area contributed by atoms with E-state index < -0.39 is 0 Å². The van der Waals surface area contributed by atoms with Crippen LogP contribution in [0.15, 0.2) is 60.9 Å². The van der Waals surface area contributed by atoms with Gasteiger partial charge in [-0.2, -0.15) is 0 Å². The lowest BCUT2D eigenvalue weighted by molar-refractivity contribution is 0.145. The molecule has 0 saturated carbocycles. The van der Waals surface area contributed by atoms with Crippen LogP contribution in [0, 0.1) is 0 Å². The largest absolute Gasteiger partial charge is 0.326 e. The Kier molecular flexibility index (Phi) is 6.07. The normalized spacial score (nSPS) is 20.3. The summed E-state index contributed by atoms with van der Waals surface area (Å²) >= 11 is 0. The fraction of sp³-hybridized carbons (Fsp3) is 0.385. The smallest absolute Gasteiger partial charge is 0.0607 e. The van der Waals surface area contributed by atoms with Gasteiger partial charge in [0.25, 0.3) is 0 Å². The second kappa shape index (κ2) is 9.27. The van der Waals surface area contributed by atoms with Crippen LogP contribution in [0.1, 0.15) is 52.5 Å². The summed E-state index contributed by atoms with van der Waals surface area (Å²) < 4.78 is 0. The van der Waals surface area contributed by atoms with Crippen molar-refractivity contribution in [3.63, 3.8) is 0 Å². The lowest BCUT2D eigenvalue weighted by atomic mass is 9.89. The highest BCUT2D eigenvalue weighted by Crippen LogP contribution is 2.34. The highest BCUT2D eigenvalue weighted by Gasteiger charge is 2.30. The maximum Gasteiger partial charge on any atom is 0.0607 e. The topological polar surface area (TPSA) is 67.1 Å². The fourth-order valence-corrected chi connectivity index (χ4v) is 5.05. The molecular formula is C26H31N5. The van der Waals surface area contributed by atoms with E-state index in [9.17, 15) is 0 Å². The summed E-state index contributed by atoms with van der Waals surface area (Å²) in [6.45, 7) is 3.38. The Bertz CT molecular complexity index is 1020. The van der Waals surface area contributed by atoms with Gasteiger partial charge in [-0.25, -0.2) is 0 Å². The van der Waals surface area contributed by atoms with Crippen LogP contribution in [0.5, 0.6) is 0 Å². The molecule has 3 N–H and O–H groups in total. The second-order valence-corrected chi connectivity index (χ2v) is 8.80. The number of aromatic nitrogens is 2. The molecule has 0 spiro atoms. The molecule has 1 aliphatic carbocycles. The van der Waals surface area contributed by atoms with E-state index in [2.05, 4.69) is 57.7 Å². The van der Waals surface area contributed by atoms with Crippen molar-refractivity contribution in [1.82, 2.24) is 20.2 Å². The zero-order chi connectivity index (χ0) is 21.0. The van der Waals surface area contributed by atoms with Crippen LogP contribution >= 0.6 is 0 Å². The molecule has 2 atom stereocenters. The van der Waals surface area contributed by atoms with Gasteiger partial charge in [0.1, 0.15) is 0 Å². The Labute approximate surface area is 184 Å². The second-order valence-electron chi connectivity index (χ2n) is 8.80. The van der Waals surface area contributed by atoms with E-state index in [-0.39, 0.29) is 0 Å². The van der Waals surface area contributed by atoms with E-state index in [1.165, 1.54) is 40.1 Å². The van der Waals surface area contributed by atoms with Crippen molar-refractivity contribution < 1.29 is 0 Å². The summed E-state index contributed by atoms with van der Waals surface area (Å²) in [5, 5.41) is 3.75. The van der Waals surface area contributed by atoms with E-state index in [1.807, 2.05) is 18.5 Å². The van der Waals surface area contributed by atoms with Gasteiger partial charge in [0, 0.05) is 56.7 Å². The summed E-state index contributed by atoms with van der Waals surface area (Å²) in [5.41, 5.74) is 13.5. The highest BCUT2D eigenvalue weighted by atomic mass is 15.2. The van der Waals surface area contributed by atoms with Gasteiger partial charge in [0.05, 0.1) is 11.7 Å². The van der Waals surface area contributed by atoms with Crippen molar-refractivity contribution in [2.24, 2.45) is 5.73 Å². The zero-order valence-electron chi connectivity index (χ0n) is 18.0. The molecule has 2 aromatic heterocycles. The lowest BCUT2D eigenvalue weighted by Gasteiger charge is -2.38. The number of rotatable bonds is 6. The van der Waals surface area contributed by atoms with Gasteiger partial charge < -0.3 is 11.1 Å².